The molecule has 2 aliphatic rings. The van der Waals surface area contributed by atoms with Crippen molar-refractivity contribution >= 4 is 22.5 Å². The second kappa shape index (κ2) is 6.04. The largest absolute Gasteiger partial charge is 0.342 e. The van der Waals surface area contributed by atoms with Crippen LogP contribution in [0.5, 0.6) is 0 Å². The highest BCUT2D eigenvalue weighted by atomic mass is 16.2. The Hall–Kier alpha value is -2.16. The van der Waals surface area contributed by atoms with Crippen molar-refractivity contribution in [1.82, 2.24) is 4.90 Å². The van der Waals surface area contributed by atoms with Crippen molar-refractivity contribution in [3.63, 3.8) is 0 Å². The maximum absolute atomic E-state index is 13.2. The van der Waals surface area contributed by atoms with E-state index >= 15 is 0 Å². The molecule has 3 heteroatoms. The Bertz CT molecular complexity index is 814. The van der Waals surface area contributed by atoms with E-state index in [1.165, 1.54) is 16.5 Å². The number of likely N-dealkylation sites (tertiary alicyclic amines) is 1. The minimum absolute atomic E-state index is 0.0623. The Labute approximate surface area is 142 Å². The summed E-state index contributed by atoms with van der Waals surface area (Å²) in [7, 11) is 0. The lowest BCUT2D eigenvalue weighted by Crippen LogP contribution is -2.42. The van der Waals surface area contributed by atoms with Crippen molar-refractivity contribution in [2.45, 2.75) is 39.0 Å². The van der Waals surface area contributed by atoms with Crippen LogP contribution in [0.2, 0.25) is 0 Å². The number of nitrogens with zero attached hydrogens (tertiary/aromatic N) is 1. The third-order valence-electron chi connectivity index (χ3n) is 5.59. The minimum atomic E-state index is -0.0623. The van der Waals surface area contributed by atoms with Crippen LogP contribution in [0.3, 0.4) is 0 Å². The number of hydrogen-bond donors (Lipinski definition) is 0. The summed E-state index contributed by atoms with van der Waals surface area (Å²) in [5.74, 6) is 0.305. The SMILES string of the molecule is CCC(=O)N1CCC[C@H](C(=O)c2ccc3c4c(cccc24)CC3)C1. The van der Waals surface area contributed by atoms with Gasteiger partial charge in [0.2, 0.25) is 5.91 Å². The monoisotopic (exact) mass is 321 g/mol. The summed E-state index contributed by atoms with van der Waals surface area (Å²) in [5, 5.41) is 2.40. The number of ketones is 1. The number of amides is 1. The molecule has 0 saturated carbocycles. The fourth-order valence-electron chi connectivity index (χ4n) is 4.32. The van der Waals surface area contributed by atoms with Crippen LogP contribution in [-0.4, -0.2) is 29.7 Å². The van der Waals surface area contributed by atoms with E-state index in [0.29, 0.717) is 13.0 Å². The van der Waals surface area contributed by atoms with Crippen LogP contribution in [0, 0.1) is 5.92 Å². The number of aryl methyl sites for hydroxylation is 2. The van der Waals surface area contributed by atoms with Gasteiger partial charge in [-0.05, 0) is 47.6 Å². The highest BCUT2D eigenvalue weighted by molar-refractivity contribution is 6.11. The van der Waals surface area contributed by atoms with Gasteiger partial charge in [0.05, 0.1) is 0 Å². The van der Waals surface area contributed by atoms with Crippen molar-refractivity contribution in [2.75, 3.05) is 13.1 Å². The average Bonchev–Trinajstić information content (AvgIpc) is 3.06. The van der Waals surface area contributed by atoms with E-state index < -0.39 is 0 Å². The van der Waals surface area contributed by atoms with E-state index in [4.69, 9.17) is 0 Å². The summed E-state index contributed by atoms with van der Waals surface area (Å²) in [5.41, 5.74) is 3.57. The second-order valence-electron chi connectivity index (χ2n) is 7.01. The number of piperidine rings is 1. The number of hydrogen-bond acceptors (Lipinski definition) is 2. The number of Topliss-reactive ketones (excluding diaryl/α,β-unsaturated/α-hetero) is 1. The quantitative estimate of drug-likeness (QED) is 0.807. The molecule has 3 nitrogen and oxygen atoms in total. The molecule has 1 atom stereocenters. The summed E-state index contributed by atoms with van der Waals surface area (Å²) in [6.45, 7) is 3.26. The van der Waals surface area contributed by atoms with Gasteiger partial charge in [-0.15, -0.1) is 0 Å². The van der Waals surface area contributed by atoms with Gasteiger partial charge in [0.15, 0.2) is 5.78 Å². The molecule has 124 valence electrons. The van der Waals surface area contributed by atoms with Crippen molar-refractivity contribution in [3.8, 4) is 0 Å². The molecule has 1 amide bonds. The van der Waals surface area contributed by atoms with E-state index in [0.717, 1.165) is 43.2 Å². The lowest BCUT2D eigenvalue weighted by Gasteiger charge is -2.32. The van der Waals surface area contributed by atoms with Crippen LogP contribution in [-0.2, 0) is 17.6 Å². The molecule has 1 aliphatic carbocycles. The highest BCUT2D eigenvalue weighted by Crippen LogP contribution is 2.34. The Morgan fingerprint density at radius 1 is 1.12 bits per heavy atom. The summed E-state index contributed by atoms with van der Waals surface area (Å²) in [4.78, 5) is 27.0. The first-order chi connectivity index (χ1) is 11.7. The third kappa shape index (κ3) is 2.43. The van der Waals surface area contributed by atoms with Crippen molar-refractivity contribution in [2.24, 2.45) is 5.92 Å². The molecule has 0 spiro atoms. The molecule has 2 aromatic rings. The maximum Gasteiger partial charge on any atom is 0.222 e. The van der Waals surface area contributed by atoms with E-state index in [-0.39, 0.29) is 17.6 Å². The van der Waals surface area contributed by atoms with Crippen molar-refractivity contribution in [1.29, 1.82) is 0 Å². The first kappa shape index (κ1) is 15.4. The smallest absolute Gasteiger partial charge is 0.222 e. The fraction of sp³-hybridized carbons (Fsp3) is 0.429. The molecule has 0 aromatic heterocycles. The van der Waals surface area contributed by atoms with Gasteiger partial charge in [-0.1, -0.05) is 37.3 Å². The Morgan fingerprint density at radius 3 is 2.71 bits per heavy atom. The van der Waals surface area contributed by atoms with Gasteiger partial charge in [-0.3, -0.25) is 9.59 Å². The molecule has 2 aromatic carbocycles. The molecular weight excluding hydrogens is 298 g/mol. The molecule has 1 aliphatic heterocycles. The topological polar surface area (TPSA) is 37.4 Å². The number of carbonyl (C=O) groups excluding carboxylic acids is 2. The van der Waals surface area contributed by atoms with Crippen LogP contribution in [0.4, 0.5) is 0 Å². The van der Waals surface area contributed by atoms with Crippen LogP contribution in [0.15, 0.2) is 30.3 Å². The number of rotatable bonds is 3. The zero-order chi connectivity index (χ0) is 16.7. The molecule has 1 saturated heterocycles. The first-order valence-corrected chi connectivity index (χ1v) is 9.04. The van der Waals surface area contributed by atoms with Crippen LogP contribution < -0.4 is 0 Å². The van der Waals surface area contributed by atoms with E-state index in [1.54, 1.807) is 0 Å². The van der Waals surface area contributed by atoms with Crippen LogP contribution in [0.1, 0.15) is 47.7 Å². The zero-order valence-corrected chi connectivity index (χ0v) is 14.2. The van der Waals surface area contributed by atoms with E-state index in [2.05, 4.69) is 24.3 Å². The van der Waals surface area contributed by atoms with Gasteiger partial charge in [-0.25, -0.2) is 0 Å². The van der Waals surface area contributed by atoms with Crippen LogP contribution in [0.25, 0.3) is 10.8 Å². The highest BCUT2D eigenvalue weighted by Gasteiger charge is 2.30. The van der Waals surface area contributed by atoms with E-state index in [1.807, 2.05) is 17.9 Å². The Kier molecular flexibility index (Phi) is 3.87. The van der Waals surface area contributed by atoms with Gasteiger partial charge in [-0.2, -0.15) is 0 Å². The van der Waals surface area contributed by atoms with E-state index in [9.17, 15) is 9.59 Å². The Morgan fingerprint density at radius 2 is 1.92 bits per heavy atom. The molecule has 0 N–H and O–H groups in total. The van der Waals surface area contributed by atoms with Gasteiger partial charge >= 0.3 is 0 Å². The Balaban J connectivity index is 1.68. The van der Waals surface area contributed by atoms with Crippen molar-refractivity contribution < 1.29 is 9.59 Å². The molecule has 1 heterocycles. The lowest BCUT2D eigenvalue weighted by atomic mass is 9.87. The van der Waals surface area contributed by atoms with Crippen molar-refractivity contribution in [3.05, 3.63) is 47.0 Å². The molecule has 4 rings (SSSR count). The lowest BCUT2D eigenvalue weighted by molar-refractivity contribution is -0.132. The summed E-state index contributed by atoms with van der Waals surface area (Å²) >= 11 is 0. The normalized spacial score (nSPS) is 19.7. The summed E-state index contributed by atoms with van der Waals surface area (Å²) in [6.07, 6.45) is 4.47. The molecule has 1 fully saturated rings. The summed E-state index contributed by atoms with van der Waals surface area (Å²) < 4.78 is 0. The van der Waals surface area contributed by atoms with Gasteiger partial charge in [0.25, 0.3) is 0 Å². The van der Waals surface area contributed by atoms with Gasteiger partial charge in [0, 0.05) is 31.0 Å². The average molecular weight is 321 g/mol. The summed E-state index contributed by atoms with van der Waals surface area (Å²) in [6, 6.07) is 10.5. The predicted octanol–water partition coefficient (Wildman–Crippen LogP) is 3.77. The minimum Gasteiger partial charge on any atom is -0.342 e. The zero-order valence-electron chi connectivity index (χ0n) is 14.2. The molecular formula is C21H23NO2. The standard InChI is InChI=1S/C21H23NO2/c1-2-19(23)22-12-4-6-16(13-22)21(24)18-11-10-15-9-8-14-5-3-7-17(18)20(14)15/h3,5,7,10-11,16H,2,4,6,8-9,12-13H2,1H3/t16-/m0/s1. The maximum atomic E-state index is 13.2. The first-order valence-electron chi connectivity index (χ1n) is 9.04. The molecule has 0 bridgehead atoms. The molecule has 24 heavy (non-hydrogen) atoms. The molecule has 0 unspecified atom stereocenters. The van der Waals surface area contributed by atoms with Gasteiger partial charge in [0.1, 0.15) is 0 Å². The van der Waals surface area contributed by atoms with Gasteiger partial charge < -0.3 is 4.90 Å². The number of carbonyl (C=O) groups is 2. The number of benzene rings is 2. The molecule has 0 radical (unpaired) electrons. The third-order valence-corrected chi connectivity index (χ3v) is 5.59. The fourth-order valence-corrected chi connectivity index (χ4v) is 4.32. The predicted molar refractivity (Wildman–Crippen MR) is 95.3 cm³/mol. The second-order valence-corrected chi connectivity index (χ2v) is 7.01. The van der Waals surface area contributed by atoms with Crippen LogP contribution >= 0.6 is 0 Å².